The summed E-state index contributed by atoms with van der Waals surface area (Å²) in [6, 6.07) is 24.2. The number of rotatable bonds is 7. The molecule has 0 bridgehead atoms. The third-order valence-corrected chi connectivity index (χ3v) is 4.94. The predicted molar refractivity (Wildman–Crippen MR) is 117 cm³/mol. The lowest BCUT2D eigenvalue weighted by Gasteiger charge is -2.20. The van der Waals surface area contributed by atoms with Crippen LogP contribution in [0.2, 0.25) is 0 Å². The minimum Gasteiger partial charge on any atom is -0.345 e. The molecule has 0 fully saturated rings. The zero-order valence-corrected chi connectivity index (χ0v) is 16.8. The van der Waals surface area contributed by atoms with Crippen molar-refractivity contribution >= 4 is 17.5 Å². The largest absolute Gasteiger partial charge is 0.345 e. The first-order valence-corrected chi connectivity index (χ1v) is 9.87. The molecule has 4 nitrogen and oxygen atoms in total. The number of anilines is 1. The first-order chi connectivity index (χ1) is 14.1. The van der Waals surface area contributed by atoms with Gasteiger partial charge >= 0.3 is 0 Å². The molecule has 2 N–H and O–H groups in total. The van der Waals surface area contributed by atoms with Crippen molar-refractivity contribution in [2.45, 2.75) is 32.7 Å². The molecule has 0 saturated carbocycles. The van der Waals surface area contributed by atoms with Crippen molar-refractivity contribution in [3.63, 3.8) is 0 Å². The Balaban J connectivity index is 1.79. The van der Waals surface area contributed by atoms with Gasteiger partial charge in [-0.2, -0.15) is 0 Å². The first kappa shape index (κ1) is 20.3. The van der Waals surface area contributed by atoms with Gasteiger partial charge in [-0.05, 0) is 42.2 Å². The zero-order valence-electron chi connectivity index (χ0n) is 16.8. The maximum atomic E-state index is 12.9. The topological polar surface area (TPSA) is 58.2 Å². The zero-order chi connectivity index (χ0) is 20.6. The maximum Gasteiger partial charge on any atom is 0.251 e. The number of hydrogen-bond acceptors (Lipinski definition) is 2. The number of hydrogen-bond donors (Lipinski definition) is 2. The highest BCUT2D eigenvalue weighted by molar-refractivity contribution is 5.96. The van der Waals surface area contributed by atoms with Gasteiger partial charge in [-0.25, -0.2) is 0 Å². The molecular weight excluding hydrogens is 360 g/mol. The van der Waals surface area contributed by atoms with Crippen LogP contribution in [0, 0.1) is 6.92 Å². The monoisotopic (exact) mass is 386 g/mol. The van der Waals surface area contributed by atoms with Crippen molar-refractivity contribution < 1.29 is 9.59 Å². The van der Waals surface area contributed by atoms with E-state index < -0.39 is 6.04 Å². The van der Waals surface area contributed by atoms with Crippen LogP contribution in [-0.4, -0.2) is 11.8 Å². The van der Waals surface area contributed by atoms with E-state index in [2.05, 4.69) is 17.6 Å². The van der Waals surface area contributed by atoms with Gasteiger partial charge in [-0.15, -0.1) is 0 Å². The van der Waals surface area contributed by atoms with Gasteiger partial charge in [0.25, 0.3) is 5.91 Å². The molecule has 1 unspecified atom stereocenters. The van der Waals surface area contributed by atoms with Crippen LogP contribution in [0.1, 0.15) is 46.4 Å². The van der Waals surface area contributed by atoms with Crippen molar-refractivity contribution in [1.29, 1.82) is 0 Å². The smallest absolute Gasteiger partial charge is 0.251 e. The molecule has 4 heteroatoms. The molecule has 0 aliphatic carbocycles. The Morgan fingerprint density at radius 1 is 0.862 bits per heavy atom. The summed E-state index contributed by atoms with van der Waals surface area (Å²) in [4.78, 5) is 25.6. The minimum atomic E-state index is -0.419. The van der Waals surface area contributed by atoms with E-state index in [1.54, 1.807) is 12.1 Å². The Morgan fingerprint density at radius 2 is 1.52 bits per heavy atom. The van der Waals surface area contributed by atoms with Gasteiger partial charge < -0.3 is 10.6 Å². The molecule has 0 spiro atoms. The summed E-state index contributed by atoms with van der Waals surface area (Å²) in [5.41, 5.74) is 4.46. The second kappa shape index (κ2) is 9.69. The van der Waals surface area contributed by atoms with Crippen molar-refractivity contribution in [3.8, 4) is 0 Å². The van der Waals surface area contributed by atoms with Crippen molar-refractivity contribution in [2.24, 2.45) is 0 Å². The lowest BCUT2D eigenvalue weighted by Crippen LogP contribution is -2.31. The fourth-order valence-electron chi connectivity index (χ4n) is 3.35. The van der Waals surface area contributed by atoms with E-state index in [9.17, 15) is 9.59 Å². The minimum absolute atomic E-state index is 0.129. The highest BCUT2D eigenvalue weighted by Crippen LogP contribution is 2.23. The highest BCUT2D eigenvalue weighted by Gasteiger charge is 2.20. The van der Waals surface area contributed by atoms with Crippen LogP contribution in [0.5, 0.6) is 0 Å². The highest BCUT2D eigenvalue weighted by atomic mass is 16.2. The van der Waals surface area contributed by atoms with E-state index in [4.69, 9.17) is 0 Å². The van der Waals surface area contributed by atoms with Crippen molar-refractivity contribution in [2.75, 3.05) is 5.32 Å². The molecule has 2 amide bonds. The average molecular weight is 386 g/mol. The summed E-state index contributed by atoms with van der Waals surface area (Å²) in [5, 5.41) is 6.06. The van der Waals surface area contributed by atoms with Crippen LogP contribution in [0.25, 0.3) is 0 Å². The Morgan fingerprint density at radius 3 is 2.17 bits per heavy atom. The summed E-state index contributed by atoms with van der Waals surface area (Å²) in [5.74, 6) is -0.325. The van der Waals surface area contributed by atoms with E-state index in [-0.39, 0.29) is 18.2 Å². The quantitative estimate of drug-likeness (QED) is 0.596. The molecule has 3 aromatic rings. The second-order valence-corrected chi connectivity index (χ2v) is 7.02. The van der Waals surface area contributed by atoms with Crippen molar-refractivity contribution in [3.05, 3.63) is 101 Å². The second-order valence-electron chi connectivity index (χ2n) is 7.02. The Kier molecular flexibility index (Phi) is 6.80. The normalized spacial score (nSPS) is 11.5. The summed E-state index contributed by atoms with van der Waals surface area (Å²) in [6.07, 6.45) is 0.990. The number of amides is 2. The van der Waals surface area contributed by atoms with E-state index in [0.717, 1.165) is 28.8 Å². The summed E-state index contributed by atoms with van der Waals surface area (Å²) in [7, 11) is 0. The molecular formula is C25H26N2O2. The molecule has 3 rings (SSSR count). The van der Waals surface area contributed by atoms with Gasteiger partial charge in [0.15, 0.2) is 0 Å². The first-order valence-electron chi connectivity index (χ1n) is 9.87. The van der Waals surface area contributed by atoms with Crippen LogP contribution in [0.3, 0.4) is 0 Å². The molecule has 0 aliphatic heterocycles. The molecule has 3 aromatic carbocycles. The SMILES string of the molecule is CCc1cccc(C)c1NC(=O)CC(NC(=O)c1ccccc1)c1ccccc1. The van der Waals surface area contributed by atoms with Crippen LogP contribution >= 0.6 is 0 Å². The third kappa shape index (κ3) is 5.32. The number of para-hydroxylation sites is 1. The van der Waals surface area contributed by atoms with Gasteiger partial charge in [0, 0.05) is 11.3 Å². The summed E-state index contributed by atoms with van der Waals surface area (Å²) < 4.78 is 0. The lowest BCUT2D eigenvalue weighted by atomic mass is 10.0. The van der Waals surface area contributed by atoms with Crippen molar-refractivity contribution in [1.82, 2.24) is 5.32 Å². The summed E-state index contributed by atoms with van der Waals surface area (Å²) in [6.45, 7) is 4.05. The van der Waals surface area contributed by atoms with Crippen LogP contribution in [0.4, 0.5) is 5.69 Å². The standard InChI is InChI=1S/C25H26N2O2/c1-3-19-16-10-11-18(2)24(19)27-23(28)17-22(20-12-6-4-7-13-20)26-25(29)21-14-8-5-9-15-21/h4-16,22H,3,17H2,1-2H3,(H,26,29)(H,27,28). The van der Waals surface area contributed by atoms with Gasteiger partial charge in [-0.1, -0.05) is 73.7 Å². The van der Waals surface area contributed by atoms with Crippen LogP contribution in [0.15, 0.2) is 78.9 Å². The van der Waals surface area contributed by atoms with Crippen LogP contribution in [-0.2, 0) is 11.2 Å². The molecule has 0 saturated heterocycles. The Labute approximate surface area is 172 Å². The molecule has 0 aliphatic rings. The molecule has 0 heterocycles. The predicted octanol–water partition coefficient (Wildman–Crippen LogP) is 5.06. The van der Waals surface area contributed by atoms with Gasteiger partial charge in [0.1, 0.15) is 0 Å². The lowest BCUT2D eigenvalue weighted by molar-refractivity contribution is -0.116. The molecule has 148 valence electrons. The molecule has 29 heavy (non-hydrogen) atoms. The van der Waals surface area contributed by atoms with Gasteiger partial charge in [-0.3, -0.25) is 9.59 Å². The Hall–Kier alpha value is -3.40. The number of nitrogens with one attached hydrogen (secondary N) is 2. The number of aryl methyl sites for hydroxylation is 2. The van der Waals surface area contributed by atoms with E-state index in [0.29, 0.717) is 5.56 Å². The summed E-state index contributed by atoms with van der Waals surface area (Å²) >= 11 is 0. The van der Waals surface area contributed by atoms with Crippen LogP contribution < -0.4 is 10.6 Å². The number of carbonyl (C=O) groups is 2. The number of carbonyl (C=O) groups excluding carboxylic acids is 2. The maximum absolute atomic E-state index is 12.9. The number of benzene rings is 3. The van der Waals surface area contributed by atoms with Gasteiger partial charge in [0.05, 0.1) is 12.5 Å². The molecule has 1 atom stereocenters. The van der Waals surface area contributed by atoms with E-state index in [1.807, 2.05) is 73.7 Å². The molecule has 0 radical (unpaired) electrons. The van der Waals surface area contributed by atoms with E-state index >= 15 is 0 Å². The third-order valence-electron chi connectivity index (χ3n) is 4.94. The molecule has 0 aromatic heterocycles. The Bertz CT molecular complexity index is 969. The average Bonchev–Trinajstić information content (AvgIpc) is 2.76. The fourth-order valence-corrected chi connectivity index (χ4v) is 3.35. The van der Waals surface area contributed by atoms with E-state index in [1.165, 1.54) is 0 Å². The fraction of sp³-hybridized carbons (Fsp3) is 0.200. The van der Waals surface area contributed by atoms with Gasteiger partial charge in [0.2, 0.25) is 5.91 Å².